The summed E-state index contributed by atoms with van der Waals surface area (Å²) in [7, 11) is 0. The third-order valence-corrected chi connectivity index (χ3v) is 3.37. The maximum Gasteiger partial charge on any atom is 0.102 e. The Kier molecular flexibility index (Phi) is 6.41. The predicted octanol–water partition coefficient (Wildman–Crippen LogP) is 3.48. The molecule has 0 spiro atoms. The number of ether oxygens (including phenoxy) is 2. The summed E-state index contributed by atoms with van der Waals surface area (Å²) in [6.45, 7) is 3.80. The number of hydrogen-bond donors (Lipinski definition) is 1. The lowest BCUT2D eigenvalue weighted by atomic mass is 9.96. The lowest BCUT2D eigenvalue weighted by molar-refractivity contribution is -0.00544. The molecule has 0 saturated carbocycles. The Morgan fingerprint density at radius 1 is 0.857 bits per heavy atom. The van der Waals surface area contributed by atoms with Crippen molar-refractivity contribution in [3.63, 3.8) is 0 Å². The van der Waals surface area contributed by atoms with Crippen LogP contribution in [0.25, 0.3) is 0 Å². The maximum absolute atomic E-state index is 6.42. The third kappa shape index (κ3) is 4.67. The van der Waals surface area contributed by atoms with Crippen molar-refractivity contribution in [2.75, 3.05) is 19.8 Å². The average Bonchev–Trinajstić information content (AvgIpc) is 2.56. The highest BCUT2D eigenvalue weighted by atomic mass is 16.5. The molecule has 0 saturated heterocycles. The van der Waals surface area contributed by atoms with E-state index in [2.05, 4.69) is 0 Å². The Labute approximate surface area is 126 Å². The molecule has 0 fully saturated rings. The van der Waals surface area contributed by atoms with Crippen LogP contribution in [0.1, 0.15) is 30.2 Å². The van der Waals surface area contributed by atoms with Gasteiger partial charge in [-0.25, -0.2) is 0 Å². The van der Waals surface area contributed by atoms with Gasteiger partial charge in [-0.05, 0) is 18.1 Å². The van der Waals surface area contributed by atoms with Gasteiger partial charge in [0.05, 0.1) is 19.3 Å². The van der Waals surface area contributed by atoms with Gasteiger partial charge in [0.1, 0.15) is 6.10 Å². The van der Waals surface area contributed by atoms with E-state index in [-0.39, 0.29) is 12.1 Å². The van der Waals surface area contributed by atoms with Gasteiger partial charge in [-0.2, -0.15) is 0 Å². The number of hydrogen-bond acceptors (Lipinski definition) is 3. The zero-order valence-corrected chi connectivity index (χ0v) is 12.4. The molecule has 0 aliphatic carbocycles. The van der Waals surface area contributed by atoms with Gasteiger partial charge in [0, 0.05) is 6.61 Å². The molecule has 2 atom stereocenters. The van der Waals surface area contributed by atoms with E-state index in [0.717, 1.165) is 11.1 Å². The molecule has 0 heterocycles. The van der Waals surface area contributed by atoms with Crippen molar-refractivity contribution in [1.29, 1.82) is 0 Å². The Morgan fingerprint density at radius 3 is 2.00 bits per heavy atom. The molecule has 2 rings (SSSR count). The lowest BCUT2D eigenvalue weighted by Crippen LogP contribution is -2.23. The van der Waals surface area contributed by atoms with Crippen molar-refractivity contribution in [3.05, 3.63) is 71.8 Å². The fourth-order valence-corrected chi connectivity index (χ4v) is 2.28. The van der Waals surface area contributed by atoms with Crippen molar-refractivity contribution in [2.45, 2.75) is 19.1 Å². The SMILES string of the molecule is CCOCCOC(c1ccccc1)C(N)c1ccccc1. The van der Waals surface area contributed by atoms with Gasteiger partial charge in [-0.15, -0.1) is 0 Å². The quantitative estimate of drug-likeness (QED) is 0.755. The topological polar surface area (TPSA) is 44.5 Å². The first-order valence-corrected chi connectivity index (χ1v) is 7.37. The van der Waals surface area contributed by atoms with E-state index in [1.165, 1.54) is 0 Å². The summed E-state index contributed by atoms with van der Waals surface area (Å²) in [4.78, 5) is 0. The summed E-state index contributed by atoms with van der Waals surface area (Å²) < 4.78 is 11.3. The van der Waals surface area contributed by atoms with Crippen LogP contribution >= 0.6 is 0 Å². The Bertz CT molecular complexity index is 501. The van der Waals surface area contributed by atoms with E-state index in [0.29, 0.717) is 19.8 Å². The van der Waals surface area contributed by atoms with Crippen LogP contribution in [-0.2, 0) is 9.47 Å². The summed E-state index contributed by atoms with van der Waals surface area (Å²) in [5.41, 5.74) is 8.58. The van der Waals surface area contributed by atoms with Gasteiger partial charge in [-0.3, -0.25) is 0 Å². The highest BCUT2D eigenvalue weighted by Gasteiger charge is 2.21. The van der Waals surface area contributed by atoms with Crippen molar-refractivity contribution in [3.8, 4) is 0 Å². The first-order valence-electron chi connectivity index (χ1n) is 7.37. The molecule has 2 N–H and O–H groups in total. The second-order valence-corrected chi connectivity index (χ2v) is 4.84. The first kappa shape index (κ1) is 15.7. The minimum Gasteiger partial charge on any atom is -0.379 e. The smallest absolute Gasteiger partial charge is 0.102 e. The lowest BCUT2D eigenvalue weighted by Gasteiger charge is -2.25. The molecular weight excluding hydrogens is 262 g/mol. The van der Waals surface area contributed by atoms with Gasteiger partial charge in [0.15, 0.2) is 0 Å². The zero-order valence-electron chi connectivity index (χ0n) is 12.4. The largest absolute Gasteiger partial charge is 0.379 e. The van der Waals surface area contributed by atoms with Gasteiger partial charge in [0.25, 0.3) is 0 Å². The second kappa shape index (κ2) is 8.57. The summed E-state index contributed by atoms with van der Waals surface area (Å²) >= 11 is 0. The van der Waals surface area contributed by atoms with E-state index in [1.807, 2.05) is 67.6 Å². The van der Waals surface area contributed by atoms with Gasteiger partial charge in [0.2, 0.25) is 0 Å². The minimum atomic E-state index is -0.199. The highest BCUT2D eigenvalue weighted by molar-refractivity contribution is 5.26. The van der Waals surface area contributed by atoms with Crippen molar-refractivity contribution in [1.82, 2.24) is 0 Å². The number of rotatable bonds is 8. The molecule has 2 aromatic carbocycles. The average molecular weight is 285 g/mol. The van der Waals surface area contributed by atoms with E-state index >= 15 is 0 Å². The van der Waals surface area contributed by atoms with E-state index in [4.69, 9.17) is 15.2 Å². The monoisotopic (exact) mass is 285 g/mol. The van der Waals surface area contributed by atoms with Crippen molar-refractivity contribution < 1.29 is 9.47 Å². The van der Waals surface area contributed by atoms with Crippen LogP contribution in [0, 0.1) is 0 Å². The summed E-state index contributed by atoms with van der Waals surface area (Å²) in [6, 6.07) is 20.0. The summed E-state index contributed by atoms with van der Waals surface area (Å²) in [5.74, 6) is 0. The van der Waals surface area contributed by atoms with Crippen molar-refractivity contribution >= 4 is 0 Å². The molecular formula is C18H23NO2. The Hall–Kier alpha value is -1.68. The summed E-state index contributed by atoms with van der Waals surface area (Å²) in [6.07, 6.45) is -0.172. The van der Waals surface area contributed by atoms with Crippen molar-refractivity contribution in [2.24, 2.45) is 5.73 Å². The van der Waals surface area contributed by atoms with Crippen LogP contribution in [0.15, 0.2) is 60.7 Å². The number of nitrogens with two attached hydrogens (primary N) is 1. The molecule has 0 aliphatic heterocycles. The molecule has 3 heteroatoms. The molecule has 21 heavy (non-hydrogen) atoms. The molecule has 0 radical (unpaired) electrons. The van der Waals surface area contributed by atoms with E-state index in [1.54, 1.807) is 0 Å². The minimum absolute atomic E-state index is 0.172. The van der Waals surface area contributed by atoms with Crippen LogP contribution in [0.2, 0.25) is 0 Å². The van der Waals surface area contributed by atoms with E-state index < -0.39 is 0 Å². The van der Waals surface area contributed by atoms with Gasteiger partial charge >= 0.3 is 0 Å². The fourth-order valence-electron chi connectivity index (χ4n) is 2.28. The van der Waals surface area contributed by atoms with E-state index in [9.17, 15) is 0 Å². The van der Waals surface area contributed by atoms with Gasteiger partial charge < -0.3 is 15.2 Å². The standard InChI is InChI=1S/C18H23NO2/c1-2-20-13-14-21-18(16-11-7-4-8-12-16)17(19)15-9-5-3-6-10-15/h3-12,17-18H,2,13-14,19H2,1H3. The molecule has 0 bridgehead atoms. The molecule has 0 aromatic heterocycles. The van der Waals surface area contributed by atoms with Crippen LogP contribution in [0.3, 0.4) is 0 Å². The van der Waals surface area contributed by atoms with Crippen LogP contribution < -0.4 is 5.73 Å². The molecule has 0 aliphatic rings. The Balaban J connectivity index is 2.11. The first-order chi connectivity index (χ1) is 10.3. The summed E-state index contributed by atoms with van der Waals surface area (Å²) in [5, 5.41) is 0. The van der Waals surface area contributed by atoms with Crippen LogP contribution in [0.4, 0.5) is 0 Å². The van der Waals surface area contributed by atoms with Crippen LogP contribution in [-0.4, -0.2) is 19.8 Å². The van der Waals surface area contributed by atoms with Crippen LogP contribution in [0.5, 0.6) is 0 Å². The molecule has 112 valence electrons. The Morgan fingerprint density at radius 2 is 1.43 bits per heavy atom. The molecule has 0 amide bonds. The predicted molar refractivity (Wildman–Crippen MR) is 85.0 cm³/mol. The molecule has 2 aromatic rings. The zero-order chi connectivity index (χ0) is 14.9. The fraction of sp³-hybridized carbons (Fsp3) is 0.333. The van der Waals surface area contributed by atoms with Gasteiger partial charge in [-0.1, -0.05) is 60.7 Å². The second-order valence-electron chi connectivity index (χ2n) is 4.84. The highest BCUT2D eigenvalue weighted by Crippen LogP contribution is 2.29. The molecule has 2 unspecified atom stereocenters. The normalized spacial score (nSPS) is 13.8. The number of benzene rings is 2. The third-order valence-electron chi connectivity index (χ3n) is 3.37. The maximum atomic E-state index is 6.42. The molecule has 3 nitrogen and oxygen atoms in total.